The fourth-order valence-corrected chi connectivity index (χ4v) is 2.37. The van der Waals surface area contributed by atoms with Gasteiger partial charge in [0, 0.05) is 18.9 Å². The average Bonchev–Trinajstić information content (AvgIpc) is 2.58. The van der Waals surface area contributed by atoms with Gasteiger partial charge in [-0.15, -0.1) is 0 Å². The van der Waals surface area contributed by atoms with Crippen molar-refractivity contribution in [2.75, 3.05) is 6.61 Å². The van der Waals surface area contributed by atoms with Gasteiger partial charge in [0.15, 0.2) is 0 Å². The van der Waals surface area contributed by atoms with E-state index in [1.165, 1.54) is 0 Å². The summed E-state index contributed by atoms with van der Waals surface area (Å²) < 4.78 is 7.05. The zero-order chi connectivity index (χ0) is 11.7. The highest BCUT2D eigenvalue weighted by molar-refractivity contribution is 5.93. The molecule has 1 heterocycles. The predicted molar refractivity (Wildman–Crippen MR) is 63.3 cm³/mol. The molecule has 0 saturated heterocycles. The van der Waals surface area contributed by atoms with Crippen molar-refractivity contribution in [1.29, 1.82) is 0 Å². The molecule has 0 aliphatic heterocycles. The van der Waals surface area contributed by atoms with Crippen molar-refractivity contribution in [3.8, 4) is 0 Å². The van der Waals surface area contributed by atoms with E-state index >= 15 is 0 Å². The molecule has 3 heteroatoms. The number of hydrogen-bond donors (Lipinski definition) is 0. The Hall–Kier alpha value is -1.51. The van der Waals surface area contributed by atoms with Crippen molar-refractivity contribution in [2.45, 2.75) is 26.2 Å². The van der Waals surface area contributed by atoms with Gasteiger partial charge in [0.25, 0.3) is 0 Å². The number of carbonyl (C=O) groups excluding carboxylic acids is 1. The van der Waals surface area contributed by atoms with E-state index in [2.05, 4.69) is 6.58 Å². The number of aryl methyl sites for hydroxylation is 1. The maximum absolute atomic E-state index is 11.8. The van der Waals surface area contributed by atoms with Crippen LogP contribution in [0.2, 0.25) is 0 Å². The normalized spacial score (nSPS) is 14.8. The summed E-state index contributed by atoms with van der Waals surface area (Å²) in [7, 11) is 1.96. The highest BCUT2D eigenvalue weighted by Crippen LogP contribution is 2.32. The van der Waals surface area contributed by atoms with Crippen LogP contribution in [0.1, 0.15) is 41.4 Å². The van der Waals surface area contributed by atoms with E-state index < -0.39 is 0 Å². The van der Waals surface area contributed by atoms with Crippen LogP contribution in [-0.2, 0) is 18.2 Å². The molecule has 16 heavy (non-hydrogen) atoms. The standard InChI is InChI=1S/C13H17NO2/c1-4-16-13(15)11-8-14(3)12-9(2)6-5-7-10(11)12/h8H,2,4-7H2,1,3H3. The number of allylic oxidation sites excluding steroid dienone is 1. The van der Waals surface area contributed by atoms with Crippen LogP contribution >= 0.6 is 0 Å². The number of fused-ring (bicyclic) bond motifs is 1. The second kappa shape index (κ2) is 4.16. The minimum atomic E-state index is -0.214. The molecule has 1 aromatic rings. The maximum atomic E-state index is 11.8. The number of aromatic nitrogens is 1. The van der Waals surface area contributed by atoms with E-state index in [0.717, 1.165) is 36.1 Å². The molecule has 0 fully saturated rings. The first-order valence-corrected chi connectivity index (χ1v) is 5.68. The zero-order valence-corrected chi connectivity index (χ0v) is 9.88. The van der Waals surface area contributed by atoms with Gasteiger partial charge >= 0.3 is 5.97 Å². The average molecular weight is 219 g/mol. The van der Waals surface area contributed by atoms with E-state index in [4.69, 9.17) is 4.74 Å². The topological polar surface area (TPSA) is 31.2 Å². The molecular formula is C13H17NO2. The van der Waals surface area contributed by atoms with Gasteiger partial charge in [-0.3, -0.25) is 0 Å². The molecule has 0 atom stereocenters. The molecule has 1 aliphatic carbocycles. The lowest BCUT2D eigenvalue weighted by Gasteiger charge is -2.16. The first-order valence-electron chi connectivity index (χ1n) is 5.68. The minimum Gasteiger partial charge on any atom is -0.462 e. The Bertz CT molecular complexity index is 443. The predicted octanol–water partition coefficient (Wildman–Crippen LogP) is 2.55. The summed E-state index contributed by atoms with van der Waals surface area (Å²) in [5, 5.41) is 0. The third kappa shape index (κ3) is 1.66. The minimum absolute atomic E-state index is 0.214. The number of esters is 1. The highest BCUT2D eigenvalue weighted by Gasteiger charge is 2.24. The van der Waals surface area contributed by atoms with Crippen LogP contribution in [0.4, 0.5) is 0 Å². The molecule has 1 aromatic heterocycles. The molecule has 1 aliphatic rings. The number of ether oxygens (including phenoxy) is 1. The molecule has 0 radical (unpaired) electrons. The lowest BCUT2D eigenvalue weighted by molar-refractivity contribution is 0.0525. The van der Waals surface area contributed by atoms with Crippen LogP contribution in [0.15, 0.2) is 12.8 Å². The summed E-state index contributed by atoms with van der Waals surface area (Å²) in [6.45, 7) is 6.31. The van der Waals surface area contributed by atoms with Gasteiger partial charge in [-0.05, 0) is 37.3 Å². The summed E-state index contributed by atoms with van der Waals surface area (Å²) in [6.07, 6.45) is 4.90. The van der Waals surface area contributed by atoms with E-state index in [1.807, 2.05) is 24.7 Å². The lowest BCUT2D eigenvalue weighted by Crippen LogP contribution is -2.09. The van der Waals surface area contributed by atoms with Crippen LogP contribution in [0.25, 0.3) is 5.57 Å². The van der Waals surface area contributed by atoms with Gasteiger partial charge in [-0.25, -0.2) is 4.79 Å². The molecule has 0 saturated carbocycles. The van der Waals surface area contributed by atoms with Crippen molar-refractivity contribution in [3.05, 3.63) is 29.6 Å². The molecular weight excluding hydrogens is 202 g/mol. The monoisotopic (exact) mass is 219 g/mol. The van der Waals surface area contributed by atoms with Crippen LogP contribution in [0, 0.1) is 0 Å². The molecule has 0 N–H and O–H groups in total. The van der Waals surface area contributed by atoms with Crippen LogP contribution < -0.4 is 0 Å². The Kier molecular flexibility index (Phi) is 2.86. The van der Waals surface area contributed by atoms with Crippen LogP contribution in [0.5, 0.6) is 0 Å². The Morgan fingerprint density at radius 3 is 3.00 bits per heavy atom. The second-order valence-electron chi connectivity index (χ2n) is 4.16. The van der Waals surface area contributed by atoms with Crippen molar-refractivity contribution in [3.63, 3.8) is 0 Å². The lowest BCUT2D eigenvalue weighted by atomic mass is 9.92. The number of nitrogens with zero attached hydrogens (tertiary/aromatic N) is 1. The number of rotatable bonds is 2. The smallest absolute Gasteiger partial charge is 0.339 e. The Morgan fingerprint density at radius 1 is 1.56 bits per heavy atom. The third-order valence-corrected chi connectivity index (χ3v) is 3.02. The number of carbonyl (C=O) groups is 1. The van der Waals surface area contributed by atoms with Gasteiger partial charge in [0.1, 0.15) is 0 Å². The third-order valence-electron chi connectivity index (χ3n) is 3.02. The quantitative estimate of drug-likeness (QED) is 0.716. The van der Waals surface area contributed by atoms with Gasteiger partial charge in [-0.2, -0.15) is 0 Å². The Balaban J connectivity index is 2.45. The first-order chi connectivity index (χ1) is 7.65. The molecule has 0 amide bonds. The van der Waals surface area contributed by atoms with E-state index in [0.29, 0.717) is 12.2 Å². The van der Waals surface area contributed by atoms with E-state index in [-0.39, 0.29) is 5.97 Å². The fourth-order valence-electron chi connectivity index (χ4n) is 2.37. The molecule has 0 unspecified atom stereocenters. The summed E-state index contributed by atoms with van der Waals surface area (Å²) in [6, 6.07) is 0. The molecule has 86 valence electrons. The van der Waals surface area contributed by atoms with Crippen molar-refractivity contribution < 1.29 is 9.53 Å². The largest absolute Gasteiger partial charge is 0.462 e. The van der Waals surface area contributed by atoms with Crippen LogP contribution in [-0.4, -0.2) is 17.1 Å². The molecule has 0 spiro atoms. The van der Waals surface area contributed by atoms with Crippen molar-refractivity contribution >= 4 is 11.5 Å². The van der Waals surface area contributed by atoms with Gasteiger partial charge in [0.2, 0.25) is 0 Å². The fraction of sp³-hybridized carbons (Fsp3) is 0.462. The summed E-state index contributed by atoms with van der Waals surface area (Å²) in [5.74, 6) is -0.214. The Labute approximate surface area is 95.7 Å². The molecule has 0 bridgehead atoms. The first kappa shape index (κ1) is 11.0. The summed E-state index contributed by atoms with van der Waals surface area (Å²) >= 11 is 0. The molecule has 3 nitrogen and oxygen atoms in total. The zero-order valence-electron chi connectivity index (χ0n) is 9.88. The second-order valence-corrected chi connectivity index (χ2v) is 4.16. The summed E-state index contributed by atoms with van der Waals surface area (Å²) in [4.78, 5) is 11.8. The molecule has 2 rings (SSSR count). The summed E-state index contributed by atoms with van der Waals surface area (Å²) in [5.41, 5.74) is 4.06. The van der Waals surface area contributed by atoms with Crippen molar-refractivity contribution in [2.24, 2.45) is 7.05 Å². The molecule has 0 aromatic carbocycles. The van der Waals surface area contributed by atoms with Crippen LogP contribution in [0.3, 0.4) is 0 Å². The van der Waals surface area contributed by atoms with Gasteiger partial charge in [-0.1, -0.05) is 6.58 Å². The van der Waals surface area contributed by atoms with Crippen molar-refractivity contribution in [1.82, 2.24) is 4.57 Å². The van der Waals surface area contributed by atoms with Gasteiger partial charge < -0.3 is 9.30 Å². The maximum Gasteiger partial charge on any atom is 0.339 e. The number of hydrogen-bond acceptors (Lipinski definition) is 2. The van der Waals surface area contributed by atoms with E-state index in [1.54, 1.807) is 0 Å². The van der Waals surface area contributed by atoms with E-state index in [9.17, 15) is 4.79 Å². The van der Waals surface area contributed by atoms with Gasteiger partial charge in [0.05, 0.1) is 12.2 Å². The highest BCUT2D eigenvalue weighted by atomic mass is 16.5. The SMILES string of the molecule is C=C1CCCc2c(C(=O)OCC)cn(C)c21. The Morgan fingerprint density at radius 2 is 2.31 bits per heavy atom.